The van der Waals surface area contributed by atoms with E-state index in [0.717, 1.165) is 58.8 Å². The molecule has 20 heavy (non-hydrogen) atoms. The summed E-state index contributed by atoms with van der Waals surface area (Å²) in [7, 11) is 0. The Morgan fingerprint density at radius 1 is 1.30 bits per heavy atom. The second kappa shape index (κ2) is 7.96. The number of nitrogens with one attached hydrogen (secondary N) is 1. The largest absolute Gasteiger partial charge is 0.379 e. The fourth-order valence-corrected chi connectivity index (χ4v) is 3.00. The molecule has 2 heterocycles. The van der Waals surface area contributed by atoms with E-state index in [9.17, 15) is 4.79 Å². The highest BCUT2D eigenvalue weighted by Crippen LogP contribution is 2.17. The molecule has 2 aliphatic heterocycles. The highest BCUT2D eigenvalue weighted by atomic mass is 16.5. The Morgan fingerprint density at radius 2 is 2.05 bits per heavy atom. The molecule has 2 saturated heterocycles. The van der Waals surface area contributed by atoms with Crippen LogP contribution in [-0.4, -0.2) is 73.7 Å². The van der Waals surface area contributed by atoms with E-state index in [0.29, 0.717) is 24.4 Å². The number of amides is 1. The van der Waals surface area contributed by atoms with Gasteiger partial charge in [-0.1, -0.05) is 13.8 Å². The summed E-state index contributed by atoms with van der Waals surface area (Å²) in [5, 5.41) is 3.36. The number of ether oxygens (including phenoxy) is 1. The lowest BCUT2D eigenvalue weighted by atomic mass is 10.2. The molecule has 0 aromatic heterocycles. The molecular weight excluding hydrogens is 254 g/mol. The van der Waals surface area contributed by atoms with Crippen LogP contribution >= 0.6 is 0 Å². The Balaban J connectivity index is 1.65. The Hall–Kier alpha value is -0.650. The minimum atomic E-state index is 0.325. The molecule has 5 heteroatoms. The third-order valence-electron chi connectivity index (χ3n) is 4.20. The van der Waals surface area contributed by atoms with Crippen LogP contribution in [0.1, 0.15) is 33.1 Å². The minimum absolute atomic E-state index is 0.325. The molecule has 1 N–H and O–H groups in total. The standard InChI is InChI=1S/C15H29N3O2/c1-13(2)16-6-3-4-15(19)18-7-5-14(12-18)17-8-10-20-11-9-17/h13-14,16H,3-12H2,1-2H3. The summed E-state index contributed by atoms with van der Waals surface area (Å²) in [5.74, 6) is 0.325. The maximum absolute atomic E-state index is 12.2. The van der Waals surface area contributed by atoms with E-state index in [1.54, 1.807) is 0 Å². The SMILES string of the molecule is CC(C)NCCCC(=O)N1CCC(N2CCOCC2)C1. The Kier molecular flexibility index (Phi) is 6.26. The van der Waals surface area contributed by atoms with Crippen LogP contribution in [0.5, 0.6) is 0 Å². The van der Waals surface area contributed by atoms with Crippen LogP contribution < -0.4 is 5.32 Å². The van der Waals surface area contributed by atoms with Crippen molar-refractivity contribution >= 4 is 5.91 Å². The lowest BCUT2D eigenvalue weighted by molar-refractivity contribution is -0.130. The van der Waals surface area contributed by atoms with Gasteiger partial charge in [-0.15, -0.1) is 0 Å². The molecule has 1 unspecified atom stereocenters. The van der Waals surface area contributed by atoms with E-state index in [1.807, 2.05) is 0 Å². The maximum atomic E-state index is 12.2. The predicted octanol–water partition coefficient (Wildman–Crippen LogP) is 0.698. The number of hydrogen-bond acceptors (Lipinski definition) is 4. The quantitative estimate of drug-likeness (QED) is 0.729. The summed E-state index contributed by atoms with van der Waals surface area (Å²) in [5.41, 5.74) is 0. The molecule has 0 radical (unpaired) electrons. The first-order valence-corrected chi connectivity index (χ1v) is 8.00. The van der Waals surface area contributed by atoms with Gasteiger partial charge in [-0.2, -0.15) is 0 Å². The van der Waals surface area contributed by atoms with Crippen molar-refractivity contribution in [2.24, 2.45) is 0 Å². The van der Waals surface area contributed by atoms with E-state index < -0.39 is 0 Å². The summed E-state index contributed by atoms with van der Waals surface area (Å²) in [6, 6.07) is 1.05. The fourth-order valence-electron chi connectivity index (χ4n) is 3.00. The monoisotopic (exact) mass is 283 g/mol. The number of likely N-dealkylation sites (tertiary alicyclic amines) is 1. The van der Waals surface area contributed by atoms with Gasteiger partial charge in [-0.25, -0.2) is 0 Å². The van der Waals surface area contributed by atoms with Gasteiger partial charge in [-0.05, 0) is 19.4 Å². The molecule has 0 aromatic rings. The van der Waals surface area contributed by atoms with E-state index in [1.165, 1.54) is 0 Å². The van der Waals surface area contributed by atoms with Gasteiger partial charge in [0.15, 0.2) is 0 Å². The van der Waals surface area contributed by atoms with Crippen LogP contribution in [0.2, 0.25) is 0 Å². The summed E-state index contributed by atoms with van der Waals surface area (Å²) < 4.78 is 5.39. The van der Waals surface area contributed by atoms with Gasteiger partial charge in [0, 0.05) is 44.7 Å². The number of carbonyl (C=O) groups excluding carboxylic acids is 1. The normalized spacial score (nSPS) is 24.6. The van der Waals surface area contributed by atoms with Crippen molar-refractivity contribution in [2.45, 2.75) is 45.2 Å². The summed E-state index contributed by atoms with van der Waals surface area (Å²) in [6.45, 7) is 10.8. The molecule has 0 aromatic carbocycles. The Labute approximate surface area is 122 Å². The molecule has 2 rings (SSSR count). The lowest BCUT2D eigenvalue weighted by Crippen LogP contribution is -2.45. The fraction of sp³-hybridized carbons (Fsp3) is 0.933. The second-order valence-corrected chi connectivity index (χ2v) is 6.14. The molecule has 1 atom stereocenters. The molecule has 0 saturated carbocycles. The number of carbonyl (C=O) groups is 1. The van der Waals surface area contributed by atoms with E-state index in [-0.39, 0.29) is 0 Å². The number of rotatable bonds is 6. The van der Waals surface area contributed by atoms with Crippen LogP contribution in [-0.2, 0) is 9.53 Å². The van der Waals surface area contributed by atoms with Crippen LogP contribution in [0.4, 0.5) is 0 Å². The molecule has 5 nitrogen and oxygen atoms in total. The maximum Gasteiger partial charge on any atom is 0.222 e. The van der Waals surface area contributed by atoms with Gasteiger partial charge < -0.3 is 15.0 Å². The van der Waals surface area contributed by atoms with E-state index in [2.05, 4.69) is 29.0 Å². The first kappa shape index (κ1) is 15.7. The third-order valence-corrected chi connectivity index (χ3v) is 4.20. The van der Waals surface area contributed by atoms with Crippen LogP contribution in [0.25, 0.3) is 0 Å². The van der Waals surface area contributed by atoms with Gasteiger partial charge in [0.2, 0.25) is 5.91 Å². The topological polar surface area (TPSA) is 44.8 Å². The van der Waals surface area contributed by atoms with Crippen LogP contribution in [0.15, 0.2) is 0 Å². The zero-order valence-electron chi connectivity index (χ0n) is 12.9. The van der Waals surface area contributed by atoms with Crippen LogP contribution in [0.3, 0.4) is 0 Å². The average Bonchev–Trinajstić information content (AvgIpc) is 2.94. The van der Waals surface area contributed by atoms with Crippen molar-refractivity contribution in [3.05, 3.63) is 0 Å². The zero-order valence-corrected chi connectivity index (χ0v) is 12.9. The van der Waals surface area contributed by atoms with E-state index >= 15 is 0 Å². The first-order valence-electron chi connectivity index (χ1n) is 8.00. The molecule has 116 valence electrons. The van der Waals surface area contributed by atoms with Gasteiger partial charge in [-0.3, -0.25) is 9.69 Å². The van der Waals surface area contributed by atoms with Gasteiger partial charge in [0.05, 0.1) is 13.2 Å². The molecule has 1 amide bonds. The molecule has 0 spiro atoms. The number of hydrogen-bond donors (Lipinski definition) is 1. The Morgan fingerprint density at radius 3 is 2.75 bits per heavy atom. The lowest BCUT2D eigenvalue weighted by Gasteiger charge is -2.32. The smallest absolute Gasteiger partial charge is 0.222 e. The van der Waals surface area contributed by atoms with Crippen molar-refractivity contribution in [1.29, 1.82) is 0 Å². The molecule has 2 aliphatic rings. The van der Waals surface area contributed by atoms with Crippen molar-refractivity contribution in [1.82, 2.24) is 15.1 Å². The molecule has 0 bridgehead atoms. The van der Waals surface area contributed by atoms with Gasteiger partial charge >= 0.3 is 0 Å². The Bertz CT molecular complexity index is 303. The number of nitrogens with zero attached hydrogens (tertiary/aromatic N) is 2. The average molecular weight is 283 g/mol. The van der Waals surface area contributed by atoms with Crippen molar-refractivity contribution < 1.29 is 9.53 Å². The highest BCUT2D eigenvalue weighted by molar-refractivity contribution is 5.76. The molecule has 2 fully saturated rings. The van der Waals surface area contributed by atoms with Crippen LogP contribution in [0, 0.1) is 0 Å². The third kappa shape index (κ3) is 4.72. The first-order chi connectivity index (χ1) is 9.66. The van der Waals surface area contributed by atoms with Gasteiger partial charge in [0.25, 0.3) is 0 Å². The van der Waals surface area contributed by atoms with Crippen molar-refractivity contribution in [2.75, 3.05) is 45.9 Å². The summed E-state index contributed by atoms with van der Waals surface area (Å²) in [6.07, 6.45) is 2.74. The number of morpholine rings is 1. The minimum Gasteiger partial charge on any atom is -0.379 e. The summed E-state index contributed by atoms with van der Waals surface area (Å²) in [4.78, 5) is 16.7. The molecular formula is C15H29N3O2. The van der Waals surface area contributed by atoms with Gasteiger partial charge in [0.1, 0.15) is 0 Å². The van der Waals surface area contributed by atoms with E-state index in [4.69, 9.17) is 4.74 Å². The van der Waals surface area contributed by atoms with Crippen molar-refractivity contribution in [3.8, 4) is 0 Å². The zero-order chi connectivity index (χ0) is 14.4. The highest BCUT2D eigenvalue weighted by Gasteiger charge is 2.30. The second-order valence-electron chi connectivity index (χ2n) is 6.14. The van der Waals surface area contributed by atoms with Crippen molar-refractivity contribution in [3.63, 3.8) is 0 Å². The molecule has 0 aliphatic carbocycles. The summed E-state index contributed by atoms with van der Waals surface area (Å²) >= 11 is 0. The predicted molar refractivity (Wildman–Crippen MR) is 79.7 cm³/mol.